The summed E-state index contributed by atoms with van der Waals surface area (Å²) >= 11 is 1.56. The van der Waals surface area contributed by atoms with E-state index in [4.69, 9.17) is 9.47 Å². The summed E-state index contributed by atoms with van der Waals surface area (Å²) in [6.07, 6.45) is 0. The fourth-order valence-electron chi connectivity index (χ4n) is 2.38. The van der Waals surface area contributed by atoms with Crippen LogP contribution in [-0.4, -0.2) is 39.4 Å². The lowest BCUT2D eigenvalue weighted by atomic mass is 10.2. The van der Waals surface area contributed by atoms with E-state index in [1.807, 2.05) is 26.0 Å². The molecular formula is C20H25NO5S2. The van der Waals surface area contributed by atoms with Crippen molar-refractivity contribution in [1.29, 1.82) is 0 Å². The Morgan fingerprint density at radius 1 is 1.18 bits per heavy atom. The van der Waals surface area contributed by atoms with Crippen molar-refractivity contribution in [1.82, 2.24) is 4.72 Å². The molecule has 0 saturated carbocycles. The van der Waals surface area contributed by atoms with Gasteiger partial charge in [-0.1, -0.05) is 25.1 Å². The van der Waals surface area contributed by atoms with E-state index < -0.39 is 16.0 Å². The van der Waals surface area contributed by atoms with Gasteiger partial charge in [0.05, 0.1) is 11.5 Å². The number of carbonyl (C=O) groups is 1. The van der Waals surface area contributed by atoms with E-state index in [1.54, 1.807) is 55.1 Å². The molecule has 8 heteroatoms. The van der Waals surface area contributed by atoms with E-state index in [0.29, 0.717) is 18.9 Å². The van der Waals surface area contributed by atoms with E-state index in [0.717, 1.165) is 10.5 Å². The first-order valence-corrected chi connectivity index (χ1v) is 11.3. The highest BCUT2D eigenvalue weighted by atomic mass is 32.2. The van der Waals surface area contributed by atoms with Crippen molar-refractivity contribution < 1.29 is 22.7 Å². The number of rotatable bonds is 10. The predicted molar refractivity (Wildman–Crippen MR) is 110 cm³/mol. The minimum Gasteiger partial charge on any atom is -0.482 e. The van der Waals surface area contributed by atoms with Gasteiger partial charge in [-0.3, -0.25) is 0 Å². The number of thioether (sulfide) groups is 1. The highest BCUT2D eigenvalue weighted by Crippen LogP contribution is 2.28. The first kappa shape index (κ1) is 22.3. The molecule has 2 aromatic carbocycles. The molecule has 0 saturated heterocycles. The smallest absolute Gasteiger partial charge is 0.344 e. The molecule has 0 aromatic heterocycles. The maximum Gasteiger partial charge on any atom is 0.344 e. The minimum absolute atomic E-state index is 0.0317. The molecule has 0 unspecified atom stereocenters. The highest BCUT2D eigenvalue weighted by molar-refractivity contribution is 8.00. The van der Waals surface area contributed by atoms with E-state index in [2.05, 4.69) is 4.72 Å². The van der Waals surface area contributed by atoms with Gasteiger partial charge in [-0.2, -0.15) is 0 Å². The zero-order valence-electron chi connectivity index (χ0n) is 16.2. The Hall–Kier alpha value is -2.03. The third kappa shape index (κ3) is 6.85. The van der Waals surface area contributed by atoms with Crippen LogP contribution in [0.4, 0.5) is 0 Å². The zero-order chi connectivity index (χ0) is 20.6. The number of esters is 1. The summed E-state index contributed by atoms with van der Waals surface area (Å²) in [5.41, 5.74) is 0.895. The molecule has 1 atom stereocenters. The van der Waals surface area contributed by atoms with Crippen molar-refractivity contribution in [2.75, 3.05) is 19.8 Å². The summed E-state index contributed by atoms with van der Waals surface area (Å²) in [6.45, 7) is 6.10. The number of benzene rings is 2. The molecule has 28 heavy (non-hydrogen) atoms. The van der Waals surface area contributed by atoms with Crippen molar-refractivity contribution >= 4 is 27.8 Å². The summed E-state index contributed by atoms with van der Waals surface area (Å²) in [7, 11) is -3.51. The van der Waals surface area contributed by atoms with Gasteiger partial charge in [-0.05, 0) is 49.7 Å². The number of hydrogen-bond donors (Lipinski definition) is 1. The normalized spacial score (nSPS) is 12.4. The molecule has 0 aliphatic heterocycles. The average molecular weight is 424 g/mol. The van der Waals surface area contributed by atoms with Crippen LogP contribution < -0.4 is 9.46 Å². The topological polar surface area (TPSA) is 81.7 Å². The molecule has 0 bridgehead atoms. The van der Waals surface area contributed by atoms with E-state index in [9.17, 15) is 13.2 Å². The number of carbonyl (C=O) groups excluding carboxylic acids is 1. The van der Waals surface area contributed by atoms with Gasteiger partial charge < -0.3 is 9.47 Å². The van der Waals surface area contributed by atoms with Crippen molar-refractivity contribution in [3.63, 3.8) is 0 Å². The van der Waals surface area contributed by atoms with Crippen LogP contribution in [0.3, 0.4) is 0 Å². The highest BCUT2D eigenvalue weighted by Gasteiger charge is 2.15. The Morgan fingerprint density at radius 2 is 1.89 bits per heavy atom. The lowest BCUT2D eigenvalue weighted by Crippen LogP contribution is -2.29. The third-order valence-electron chi connectivity index (χ3n) is 3.75. The second-order valence-corrected chi connectivity index (χ2v) is 9.39. The second kappa shape index (κ2) is 10.5. The zero-order valence-corrected chi connectivity index (χ0v) is 17.8. The standard InChI is InChI=1S/C20H25NO5S2/c1-4-25-20(22)14-26-19-11-10-17(12-15(19)2)27-16(3)13-21-28(23,24)18-8-6-5-7-9-18/h5-12,16,21H,4,13-14H2,1-3H3/t16-/m1/s1. The van der Waals surface area contributed by atoms with Crippen LogP contribution in [0.2, 0.25) is 0 Å². The molecule has 152 valence electrons. The maximum atomic E-state index is 12.3. The molecule has 6 nitrogen and oxygen atoms in total. The van der Waals surface area contributed by atoms with Gasteiger partial charge in [0, 0.05) is 16.7 Å². The van der Waals surface area contributed by atoms with Gasteiger partial charge >= 0.3 is 5.97 Å². The van der Waals surface area contributed by atoms with Gasteiger partial charge in [-0.25, -0.2) is 17.9 Å². The molecule has 1 N–H and O–H groups in total. The second-order valence-electron chi connectivity index (χ2n) is 6.11. The first-order valence-electron chi connectivity index (χ1n) is 8.92. The van der Waals surface area contributed by atoms with Crippen molar-refractivity contribution in [3.8, 4) is 5.75 Å². The minimum atomic E-state index is -3.51. The molecule has 0 spiro atoms. The van der Waals surface area contributed by atoms with Crippen LogP contribution in [0.5, 0.6) is 5.75 Å². The first-order chi connectivity index (χ1) is 13.3. The molecule has 0 amide bonds. The largest absolute Gasteiger partial charge is 0.482 e. The Labute approximate surface area is 170 Å². The van der Waals surface area contributed by atoms with Crippen LogP contribution in [0.25, 0.3) is 0 Å². The van der Waals surface area contributed by atoms with Crippen molar-refractivity contribution in [2.45, 2.75) is 35.8 Å². The van der Waals surface area contributed by atoms with Crippen LogP contribution in [0.1, 0.15) is 19.4 Å². The quantitative estimate of drug-likeness (QED) is 0.466. The van der Waals surface area contributed by atoms with Crippen molar-refractivity contribution in [2.24, 2.45) is 0 Å². The van der Waals surface area contributed by atoms with Crippen LogP contribution >= 0.6 is 11.8 Å². The Balaban J connectivity index is 1.89. The molecule has 0 radical (unpaired) electrons. The van der Waals surface area contributed by atoms with Gasteiger partial charge in [0.15, 0.2) is 6.61 Å². The maximum absolute atomic E-state index is 12.3. The van der Waals surface area contributed by atoms with Gasteiger partial charge in [-0.15, -0.1) is 11.8 Å². The predicted octanol–water partition coefficient (Wildman–Crippen LogP) is 3.40. The monoisotopic (exact) mass is 423 g/mol. The lowest BCUT2D eigenvalue weighted by Gasteiger charge is -2.14. The van der Waals surface area contributed by atoms with Crippen molar-refractivity contribution in [3.05, 3.63) is 54.1 Å². The number of aryl methyl sites for hydroxylation is 1. The molecule has 2 aromatic rings. The van der Waals surface area contributed by atoms with E-state index in [1.165, 1.54) is 0 Å². The van der Waals surface area contributed by atoms with E-state index in [-0.39, 0.29) is 16.8 Å². The summed E-state index contributed by atoms with van der Waals surface area (Å²) in [5, 5.41) is 0.0317. The lowest BCUT2D eigenvalue weighted by molar-refractivity contribution is -0.145. The number of sulfonamides is 1. The third-order valence-corrected chi connectivity index (χ3v) is 6.28. The van der Waals surface area contributed by atoms with Gasteiger partial charge in [0.2, 0.25) is 10.0 Å². The van der Waals surface area contributed by atoms with Gasteiger partial charge in [0.1, 0.15) is 5.75 Å². The van der Waals surface area contributed by atoms with Gasteiger partial charge in [0.25, 0.3) is 0 Å². The summed E-state index contributed by atoms with van der Waals surface area (Å²) in [6, 6.07) is 13.9. The Bertz CT molecular complexity index is 885. The average Bonchev–Trinajstić information content (AvgIpc) is 2.67. The summed E-state index contributed by atoms with van der Waals surface area (Å²) < 4.78 is 37.5. The number of nitrogens with one attached hydrogen (secondary N) is 1. The van der Waals surface area contributed by atoms with Crippen LogP contribution in [-0.2, 0) is 19.6 Å². The molecular weight excluding hydrogens is 398 g/mol. The number of hydrogen-bond acceptors (Lipinski definition) is 6. The fourth-order valence-corrected chi connectivity index (χ4v) is 4.66. The van der Waals surface area contributed by atoms with Crippen LogP contribution in [0, 0.1) is 6.92 Å². The SMILES string of the molecule is CCOC(=O)COc1ccc(S[C@H](C)CNS(=O)(=O)c2ccccc2)cc1C. The summed E-state index contributed by atoms with van der Waals surface area (Å²) in [5.74, 6) is 0.217. The molecule has 0 heterocycles. The Kier molecular flexibility index (Phi) is 8.35. The molecule has 2 rings (SSSR count). The fraction of sp³-hybridized carbons (Fsp3) is 0.350. The molecule has 0 fully saturated rings. The Morgan fingerprint density at radius 3 is 2.54 bits per heavy atom. The summed E-state index contributed by atoms with van der Waals surface area (Å²) in [4.78, 5) is 12.6. The van der Waals surface area contributed by atoms with Crippen LogP contribution in [0.15, 0.2) is 58.3 Å². The van der Waals surface area contributed by atoms with E-state index >= 15 is 0 Å². The number of ether oxygens (including phenoxy) is 2. The molecule has 0 aliphatic carbocycles. The molecule has 0 aliphatic rings.